The molecule has 0 radical (unpaired) electrons. The number of benzene rings is 1. The molecule has 0 saturated carbocycles. The molecule has 0 amide bonds. The van der Waals surface area contributed by atoms with E-state index >= 15 is 0 Å². The zero-order valence-corrected chi connectivity index (χ0v) is 11.7. The molecule has 1 aromatic carbocycles. The van der Waals surface area contributed by atoms with E-state index in [1.54, 1.807) is 18.2 Å². The molecular weight excluding hydrogens is 281 g/mol. The predicted molar refractivity (Wildman–Crippen MR) is 66.5 cm³/mol. The van der Waals surface area contributed by atoms with Crippen LogP contribution in [-0.4, -0.2) is 0 Å². The van der Waals surface area contributed by atoms with Crippen LogP contribution in [-0.2, 0) is 11.9 Å². The zero-order valence-electron chi connectivity index (χ0n) is 10.1. The molecule has 0 fully saturated rings. The van der Waals surface area contributed by atoms with Gasteiger partial charge in [-0.2, -0.15) is 0 Å². The van der Waals surface area contributed by atoms with Gasteiger partial charge in [-0.15, -0.1) is 13.2 Å². The summed E-state index contributed by atoms with van der Waals surface area (Å²) in [6.07, 6.45) is 1.27. The van der Waals surface area contributed by atoms with Crippen molar-refractivity contribution >= 4 is 20.6 Å². The second-order valence-electron chi connectivity index (χ2n) is 4.15. The third-order valence-electron chi connectivity index (χ3n) is 2.70. The highest BCUT2D eigenvalue weighted by Crippen LogP contribution is 2.51. The van der Waals surface area contributed by atoms with Crippen LogP contribution in [0.2, 0.25) is 0 Å². The van der Waals surface area contributed by atoms with Gasteiger partial charge in [-0.05, 0) is 25.0 Å². The lowest BCUT2D eigenvalue weighted by molar-refractivity contribution is -0.0867. The number of alkyl halides is 3. The Balaban J connectivity index is 0.00000162. The number of hydrogen-bond acceptors (Lipinski definition) is 0. The summed E-state index contributed by atoms with van der Waals surface area (Å²) in [4.78, 5) is 0.528. The van der Waals surface area contributed by atoms with E-state index in [1.807, 2.05) is 19.9 Å². The van der Waals surface area contributed by atoms with Crippen LogP contribution in [0.25, 0.3) is 10.1 Å². The van der Waals surface area contributed by atoms with Crippen molar-refractivity contribution in [1.29, 1.82) is 0 Å². The summed E-state index contributed by atoms with van der Waals surface area (Å²) in [5.74, 6) is 0. The second-order valence-corrected chi connectivity index (χ2v) is 6.19. The second kappa shape index (κ2) is 5.49. The molecule has 1 aromatic heterocycles. The summed E-state index contributed by atoms with van der Waals surface area (Å²) >= 11 is 0. The molecule has 0 aliphatic rings. The first-order valence-electron chi connectivity index (χ1n) is 5.56. The molecule has 0 saturated heterocycles. The highest BCUT2D eigenvalue weighted by atomic mass is 35.5. The van der Waals surface area contributed by atoms with E-state index in [9.17, 15) is 13.2 Å². The van der Waals surface area contributed by atoms with Gasteiger partial charge in [0.25, 0.3) is 0 Å². The van der Waals surface area contributed by atoms with Crippen LogP contribution in [0.15, 0.2) is 24.3 Å². The maximum atomic E-state index is 13.1. The molecule has 0 N–H and O–H groups in total. The lowest BCUT2D eigenvalue weighted by Gasteiger charge is -1.99. The maximum Gasteiger partial charge on any atom is 0.600 e. The molecule has 1 unspecified atom stereocenters. The predicted octanol–water partition coefficient (Wildman–Crippen LogP) is 2.33. The van der Waals surface area contributed by atoms with Gasteiger partial charge in [0.2, 0.25) is 0 Å². The Morgan fingerprint density at radius 2 is 1.83 bits per heavy atom. The molecule has 18 heavy (non-hydrogen) atoms. The summed E-state index contributed by atoms with van der Waals surface area (Å²) in [6, 6.07) is 7.04. The number of hydrogen-bond donors (Lipinski definition) is 0. The Morgan fingerprint density at radius 3 is 2.39 bits per heavy atom. The van der Waals surface area contributed by atoms with Crippen molar-refractivity contribution < 1.29 is 25.6 Å². The van der Waals surface area contributed by atoms with E-state index in [0.29, 0.717) is 16.0 Å². The van der Waals surface area contributed by atoms with Crippen LogP contribution >= 0.6 is 10.5 Å². The minimum atomic E-state index is -4.15. The van der Waals surface area contributed by atoms with E-state index in [0.717, 1.165) is 17.4 Å². The summed E-state index contributed by atoms with van der Waals surface area (Å²) < 4.78 is 39.8. The van der Waals surface area contributed by atoms with Gasteiger partial charge in [0.1, 0.15) is 0 Å². The smallest absolute Gasteiger partial charge is 0.600 e. The van der Waals surface area contributed by atoms with Crippen molar-refractivity contribution in [2.45, 2.75) is 32.2 Å². The molecule has 100 valence electrons. The monoisotopic (exact) mass is 294 g/mol. The van der Waals surface area contributed by atoms with Crippen LogP contribution in [0.4, 0.5) is 13.2 Å². The van der Waals surface area contributed by atoms with E-state index < -0.39 is 16.0 Å². The number of rotatable bonds is 2. The highest BCUT2D eigenvalue weighted by molar-refractivity contribution is 7.38. The fourth-order valence-corrected chi connectivity index (χ4v) is 4.15. The Labute approximate surface area is 113 Å². The Hall–Kier alpha value is -0.740. The zero-order chi connectivity index (χ0) is 12.6. The molecule has 2 rings (SSSR count). The van der Waals surface area contributed by atoms with Crippen LogP contribution < -0.4 is 12.4 Å². The summed E-state index contributed by atoms with van der Waals surface area (Å²) in [6.45, 7) is 3.74. The first kappa shape index (κ1) is 15.3. The van der Waals surface area contributed by atoms with Gasteiger partial charge in [0.15, 0.2) is 9.58 Å². The van der Waals surface area contributed by atoms with Crippen LogP contribution in [0.5, 0.6) is 0 Å². The normalized spacial score (nSPS) is 12.6. The third-order valence-corrected chi connectivity index (χ3v) is 4.80. The van der Waals surface area contributed by atoms with Gasteiger partial charge in [-0.1, -0.05) is 13.0 Å². The Bertz CT molecular complexity index is 543. The first-order valence-corrected chi connectivity index (χ1v) is 6.78. The standard InChI is InChI=1S/C13H14F3S.ClH/c1-3-4-11-8-10-6-5-9(2)7-12(10)17(11)13(14,15)16;/h5-8H,3-4H2,1-2H3;1H/q+1;/p-1. The highest BCUT2D eigenvalue weighted by Gasteiger charge is 2.47. The molecule has 0 aliphatic carbocycles. The molecular formula is C13H14ClF3S. The molecule has 5 heteroatoms. The SMILES string of the molecule is CCCc1cc2ccc(C)cc2[s+]1C(F)(F)F.[Cl-]. The van der Waals surface area contributed by atoms with E-state index in [4.69, 9.17) is 0 Å². The minimum absolute atomic E-state index is 0. The fraction of sp³-hybridized carbons (Fsp3) is 0.385. The Kier molecular flexibility index (Phi) is 4.67. The number of thiophene rings is 1. The third kappa shape index (κ3) is 2.81. The lowest BCUT2D eigenvalue weighted by Crippen LogP contribution is -3.00. The Morgan fingerprint density at radius 1 is 1.17 bits per heavy atom. The van der Waals surface area contributed by atoms with Gasteiger partial charge < -0.3 is 12.4 Å². The van der Waals surface area contributed by atoms with Gasteiger partial charge in [0.05, 0.1) is 10.5 Å². The number of halogens is 4. The summed E-state index contributed by atoms with van der Waals surface area (Å²) in [5, 5.41) is 0.736. The fourth-order valence-electron chi connectivity index (χ4n) is 2.01. The van der Waals surface area contributed by atoms with Crippen molar-refractivity contribution in [1.82, 2.24) is 0 Å². The first-order chi connectivity index (χ1) is 7.93. The van der Waals surface area contributed by atoms with E-state index in [-0.39, 0.29) is 12.4 Å². The molecule has 2 aromatic rings. The molecule has 0 spiro atoms. The van der Waals surface area contributed by atoms with Crippen molar-refractivity contribution in [3.05, 3.63) is 34.7 Å². The number of aryl methyl sites for hydroxylation is 2. The van der Waals surface area contributed by atoms with Crippen molar-refractivity contribution in [3.8, 4) is 0 Å². The van der Waals surface area contributed by atoms with Gasteiger partial charge >= 0.3 is 5.51 Å². The van der Waals surface area contributed by atoms with Gasteiger partial charge in [-0.25, -0.2) is 0 Å². The average molecular weight is 295 g/mol. The molecule has 1 heterocycles. The van der Waals surface area contributed by atoms with Gasteiger partial charge in [0, 0.05) is 23.9 Å². The van der Waals surface area contributed by atoms with Crippen molar-refractivity contribution in [2.75, 3.05) is 0 Å². The van der Waals surface area contributed by atoms with Gasteiger partial charge in [-0.3, -0.25) is 0 Å². The minimum Gasteiger partial charge on any atom is -1.00 e. The average Bonchev–Trinajstić information content (AvgIpc) is 2.54. The summed E-state index contributed by atoms with van der Waals surface area (Å²) in [5.41, 5.74) is -3.27. The summed E-state index contributed by atoms with van der Waals surface area (Å²) in [7, 11) is -1.71. The molecule has 1 atom stereocenters. The number of fused-ring (bicyclic) bond motifs is 1. The molecule has 0 nitrogen and oxygen atoms in total. The van der Waals surface area contributed by atoms with Crippen LogP contribution in [0, 0.1) is 6.92 Å². The quantitative estimate of drug-likeness (QED) is 0.746. The topological polar surface area (TPSA) is 0 Å². The largest absolute Gasteiger partial charge is 1.00 e. The van der Waals surface area contributed by atoms with Crippen molar-refractivity contribution in [2.24, 2.45) is 0 Å². The molecule has 0 aliphatic heterocycles. The van der Waals surface area contributed by atoms with E-state index in [2.05, 4.69) is 0 Å². The maximum absolute atomic E-state index is 13.1. The van der Waals surface area contributed by atoms with E-state index in [1.165, 1.54) is 0 Å². The van der Waals surface area contributed by atoms with Crippen molar-refractivity contribution in [3.63, 3.8) is 0 Å². The van der Waals surface area contributed by atoms with Crippen LogP contribution in [0.3, 0.4) is 0 Å². The lowest BCUT2D eigenvalue weighted by atomic mass is 10.2. The molecule has 0 bridgehead atoms. The van der Waals surface area contributed by atoms with Crippen LogP contribution in [0.1, 0.15) is 23.8 Å².